The highest BCUT2D eigenvalue weighted by atomic mass is 19.2. The van der Waals surface area contributed by atoms with E-state index in [2.05, 4.69) is 16.0 Å². The maximum Gasteiger partial charge on any atom is 0.279 e. The lowest BCUT2D eigenvalue weighted by atomic mass is 10.2. The maximum absolute atomic E-state index is 13.2. The van der Waals surface area contributed by atoms with Gasteiger partial charge in [0.25, 0.3) is 11.8 Å². The quantitative estimate of drug-likeness (QED) is 0.535. The number of anilines is 3. The van der Waals surface area contributed by atoms with Crippen LogP contribution in [-0.2, 0) is 14.4 Å². The number of quaternary nitrogens is 1. The third-order valence-corrected chi connectivity index (χ3v) is 4.01. The second-order valence-electron chi connectivity index (χ2n) is 6.44. The largest absolute Gasteiger partial charge is 0.326 e. The van der Waals surface area contributed by atoms with E-state index in [1.807, 2.05) is 6.92 Å². The molecule has 0 saturated carbocycles. The number of amides is 3. The first-order valence-corrected chi connectivity index (χ1v) is 9.02. The zero-order valence-corrected chi connectivity index (χ0v) is 16.1. The van der Waals surface area contributed by atoms with Gasteiger partial charge < -0.3 is 20.9 Å². The van der Waals surface area contributed by atoms with Crippen LogP contribution in [0.15, 0.2) is 42.5 Å². The molecule has 0 bridgehead atoms. The van der Waals surface area contributed by atoms with E-state index < -0.39 is 17.5 Å². The van der Waals surface area contributed by atoms with Crippen molar-refractivity contribution in [2.75, 3.05) is 35.6 Å². The molecule has 3 amide bonds. The van der Waals surface area contributed by atoms with Crippen LogP contribution in [0.4, 0.5) is 25.8 Å². The Morgan fingerprint density at radius 1 is 0.793 bits per heavy atom. The molecule has 0 aliphatic carbocycles. The molecule has 9 heteroatoms. The van der Waals surface area contributed by atoms with Crippen molar-refractivity contribution in [3.8, 4) is 0 Å². The summed E-state index contributed by atoms with van der Waals surface area (Å²) >= 11 is 0. The molecule has 0 heterocycles. The van der Waals surface area contributed by atoms with Gasteiger partial charge in [-0.3, -0.25) is 14.4 Å². The Hall–Kier alpha value is -3.33. The van der Waals surface area contributed by atoms with Crippen molar-refractivity contribution in [1.82, 2.24) is 0 Å². The molecule has 0 saturated heterocycles. The summed E-state index contributed by atoms with van der Waals surface area (Å²) in [6.45, 7) is 3.79. The smallest absolute Gasteiger partial charge is 0.279 e. The molecule has 2 rings (SSSR count). The number of nitrogens with one attached hydrogen (secondary N) is 4. The van der Waals surface area contributed by atoms with Gasteiger partial charge in [-0.05, 0) is 43.3 Å². The summed E-state index contributed by atoms with van der Waals surface area (Å²) in [5.41, 5.74) is 1.32. The molecule has 154 valence electrons. The van der Waals surface area contributed by atoms with Crippen molar-refractivity contribution in [3.05, 3.63) is 54.1 Å². The number of carbonyl (C=O) groups is 3. The van der Waals surface area contributed by atoms with E-state index in [-0.39, 0.29) is 30.6 Å². The van der Waals surface area contributed by atoms with Crippen LogP contribution in [0.5, 0.6) is 0 Å². The van der Waals surface area contributed by atoms with Crippen molar-refractivity contribution >= 4 is 34.8 Å². The van der Waals surface area contributed by atoms with E-state index in [1.54, 1.807) is 24.3 Å². The first kappa shape index (κ1) is 22.0. The molecule has 1 unspecified atom stereocenters. The summed E-state index contributed by atoms with van der Waals surface area (Å²) in [4.78, 5) is 36.1. The number of benzene rings is 2. The Morgan fingerprint density at radius 2 is 1.28 bits per heavy atom. The van der Waals surface area contributed by atoms with Gasteiger partial charge in [0, 0.05) is 30.1 Å². The summed E-state index contributed by atoms with van der Waals surface area (Å²) in [5, 5.41) is 7.85. The normalized spacial score (nSPS) is 11.4. The molecule has 29 heavy (non-hydrogen) atoms. The molecule has 0 spiro atoms. The lowest BCUT2D eigenvalue weighted by Gasteiger charge is -2.17. The van der Waals surface area contributed by atoms with Crippen LogP contribution in [0.3, 0.4) is 0 Å². The molecule has 4 N–H and O–H groups in total. The first-order chi connectivity index (χ1) is 13.8. The van der Waals surface area contributed by atoms with E-state index in [0.717, 1.165) is 12.1 Å². The summed E-state index contributed by atoms with van der Waals surface area (Å²) in [6, 6.07) is 9.73. The van der Waals surface area contributed by atoms with Crippen LogP contribution >= 0.6 is 0 Å². The second-order valence-corrected chi connectivity index (χ2v) is 6.44. The van der Waals surface area contributed by atoms with Crippen molar-refractivity contribution in [3.63, 3.8) is 0 Å². The number of hydrogen-bond donors (Lipinski definition) is 4. The Morgan fingerprint density at radius 3 is 1.76 bits per heavy atom. The minimum Gasteiger partial charge on any atom is -0.326 e. The molecule has 0 fully saturated rings. The van der Waals surface area contributed by atoms with Gasteiger partial charge in [0.05, 0.1) is 6.54 Å². The standard InChI is InChI=1S/C20H22F2N4O3/c1-3-26(12-20(29)25-16-8-9-17(21)18(22)10-16)11-19(28)24-15-6-4-14(5-7-15)23-13(2)27/h4-10H,3,11-12H2,1-2H3,(H,23,27)(H,24,28)(H,25,29)/p+1. The Balaban J connectivity index is 1.86. The van der Waals surface area contributed by atoms with Crippen molar-refractivity contribution in [2.45, 2.75) is 13.8 Å². The highest BCUT2D eigenvalue weighted by Gasteiger charge is 2.17. The van der Waals surface area contributed by atoms with Gasteiger partial charge in [-0.25, -0.2) is 8.78 Å². The fourth-order valence-corrected chi connectivity index (χ4v) is 2.59. The molecule has 0 aliphatic heterocycles. The van der Waals surface area contributed by atoms with Crippen molar-refractivity contribution < 1.29 is 28.1 Å². The highest BCUT2D eigenvalue weighted by molar-refractivity contribution is 5.93. The lowest BCUT2D eigenvalue weighted by molar-refractivity contribution is -0.881. The van der Waals surface area contributed by atoms with Crippen LogP contribution in [0, 0.1) is 11.6 Å². The summed E-state index contributed by atoms with van der Waals surface area (Å²) in [5.74, 6) is -2.93. The molecule has 0 aliphatic rings. The summed E-state index contributed by atoms with van der Waals surface area (Å²) in [6.07, 6.45) is 0. The third-order valence-electron chi connectivity index (χ3n) is 4.01. The minimum atomic E-state index is -1.05. The first-order valence-electron chi connectivity index (χ1n) is 9.02. The fourth-order valence-electron chi connectivity index (χ4n) is 2.59. The van der Waals surface area contributed by atoms with Crippen LogP contribution in [0.25, 0.3) is 0 Å². The molecule has 7 nitrogen and oxygen atoms in total. The molecule has 2 aromatic rings. The molecular weight excluding hydrogens is 382 g/mol. The highest BCUT2D eigenvalue weighted by Crippen LogP contribution is 2.13. The van der Waals surface area contributed by atoms with Crippen LogP contribution < -0.4 is 20.9 Å². The fraction of sp³-hybridized carbons (Fsp3) is 0.250. The molecule has 0 aromatic heterocycles. The van der Waals surface area contributed by atoms with Gasteiger partial charge >= 0.3 is 0 Å². The number of carbonyl (C=O) groups excluding carboxylic acids is 3. The van der Waals surface area contributed by atoms with Crippen LogP contribution in [-0.4, -0.2) is 37.4 Å². The minimum absolute atomic E-state index is 0.00954. The lowest BCUT2D eigenvalue weighted by Crippen LogP contribution is -3.13. The predicted molar refractivity (Wildman–Crippen MR) is 106 cm³/mol. The van der Waals surface area contributed by atoms with E-state index in [0.29, 0.717) is 22.8 Å². The Labute approximate surface area is 167 Å². The average molecular weight is 405 g/mol. The zero-order valence-electron chi connectivity index (χ0n) is 16.1. The molecular formula is C20H23F2N4O3+. The Bertz CT molecular complexity index is 888. The van der Waals surface area contributed by atoms with Crippen LogP contribution in [0.1, 0.15) is 13.8 Å². The molecule has 0 radical (unpaired) electrons. The summed E-state index contributed by atoms with van der Waals surface area (Å²) in [7, 11) is 0. The van der Waals surface area contributed by atoms with Crippen molar-refractivity contribution in [2.24, 2.45) is 0 Å². The molecule has 1 atom stereocenters. The maximum atomic E-state index is 13.2. The van der Waals surface area contributed by atoms with Crippen molar-refractivity contribution in [1.29, 1.82) is 0 Å². The number of likely N-dealkylation sites (N-methyl/N-ethyl adjacent to an activating group) is 1. The van der Waals surface area contributed by atoms with E-state index in [1.165, 1.54) is 13.0 Å². The van der Waals surface area contributed by atoms with Gasteiger partial charge in [0.2, 0.25) is 5.91 Å². The number of rotatable bonds is 8. The van der Waals surface area contributed by atoms with Crippen LogP contribution in [0.2, 0.25) is 0 Å². The zero-order chi connectivity index (χ0) is 21.4. The second kappa shape index (κ2) is 10.3. The van der Waals surface area contributed by atoms with E-state index >= 15 is 0 Å². The van der Waals surface area contributed by atoms with Gasteiger partial charge in [-0.2, -0.15) is 0 Å². The van der Waals surface area contributed by atoms with Gasteiger partial charge in [0.15, 0.2) is 24.7 Å². The Kier molecular flexibility index (Phi) is 7.79. The van der Waals surface area contributed by atoms with Gasteiger partial charge in [0.1, 0.15) is 0 Å². The topological polar surface area (TPSA) is 91.7 Å². The SMILES string of the molecule is CC[NH+](CC(=O)Nc1ccc(NC(C)=O)cc1)CC(=O)Nc1ccc(F)c(F)c1. The summed E-state index contributed by atoms with van der Waals surface area (Å²) < 4.78 is 26.2. The molecule has 2 aromatic carbocycles. The monoisotopic (exact) mass is 405 g/mol. The van der Waals surface area contributed by atoms with E-state index in [4.69, 9.17) is 0 Å². The van der Waals surface area contributed by atoms with Gasteiger partial charge in [-0.1, -0.05) is 0 Å². The predicted octanol–water partition coefficient (Wildman–Crippen LogP) is 1.41. The average Bonchev–Trinajstić information content (AvgIpc) is 2.65. The number of hydrogen-bond acceptors (Lipinski definition) is 3. The van der Waals surface area contributed by atoms with Gasteiger partial charge in [-0.15, -0.1) is 0 Å². The third kappa shape index (κ3) is 7.30. The van der Waals surface area contributed by atoms with E-state index in [9.17, 15) is 23.2 Å². The number of halogens is 2.